The Morgan fingerprint density at radius 1 is 0.784 bits per heavy atom. The molecule has 0 aliphatic heterocycles. The molecule has 0 aliphatic rings. The maximum atomic E-state index is 11.5. The van der Waals surface area contributed by atoms with E-state index in [1.54, 1.807) is 24.3 Å². The number of carboxylic acids is 1. The summed E-state index contributed by atoms with van der Waals surface area (Å²) in [6.07, 6.45) is 0. The molecule has 0 saturated heterocycles. The summed E-state index contributed by atoms with van der Waals surface area (Å²) in [6, 6.07) is 23.3. The summed E-state index contributed by atoms with van der Waals surface area (Å²) in [7, 11) is 0. The van der Waals surface area contributed by atoms with Gasteiger partial charge in [0.1, 0.15) is 5.69 Å². The standard InChI is InChI=1S/C30H25N3O4/c1-17-11-18(2)13-21(12-17)24-14-19(3)15-25(28(24)34)31-32-27-23-9-4-5-10-26(23)33(29(27)35)22-8-6-7-20(16-22)30(36)37/h4-16,34-35H,1-3H3,(H,36,37). The molecule has 0 radical (unpaired) electrons. The van der Waals surface area contributed by atoms with Crippen LogP contribution in [-0.4, -0.2) is 25.9 Å². The monoisotopic (exact) mass is 491 g/mol. The van der Waals surface area contributed by atoms with Crippen LogP contribution in [0.3, 0.4) is 0 Å². The van der Waals surface area contributed by atoms with Crippen LogP contribution in [0.1, 0.15) is 27.0 Å². The van der Waals surface area contributed by atoms with Gasteiger partial charge < -0.3 is 15.3 Å². The van der Waals surface area contributed by atoms with E-state index in [1.165, 1.54) is 16.7 Å². The number of carboxylic acid groups (broad SMARTS) is 1. The van der Waals surface area contributed by atoms with Gasteiger partial charge in [-0.25, -0.2) is 4.79 Å². The van der Waals surface area contributed by atoms with Crippen molar-refractivity contribution < 1.29 is 20.1 Å². The van der Waals surface area contributed by atoms with Gasteiger partial charge in [-0.1, -0.05) is 53.6 Å². The van der Waals surface area contributed by atoms with Crippen molar-refractivity contribution in [3.63, 3.8) is 0 Å². The molecule has 5 aromatic rings. The van der Waals surface area contributed by atoms with Crippen LogP contribution in [0.15, 0.2) is 89.1 Å². The molecule has 7 heteroatoms. The Morgan fingerprint density at radius 3 is 2.22 bits per heavy atom. The lowest BCUT2D eigenvalue weighted by Gasteiger charge is -2.10. The Labute approximate surface area is 213 Å². The molecule has 3 N–H and O–H groups in total. The molecule has 0 atom stereocenters. The lowest BCUT2D eigenvalue weighted by Crippen LogP contribution is -1.99. The van der Waals surface area contributed by atoms with Crippen LogP contribution in [-0.2, 0) is 0 Å². The lowest BCUT2D eigenvalue weighted by atomic mass is 9.98. The second kappa shape index (κ2) is 9.28. The van der Waals surface area contributed by atoms with E-state index in [2.05, 4.69) is 16.3 Å². The lowest BCUT2D eigenvalue weighted by molar-refractivity contribution is 0.0697. The summed E-state index contributed by atoms with van der Waals surface area (Å²) in [5.74, 6) is -1.25. The first-order chi connectivity index (χ1) is 17.7. The van der Waals surface area contributed by atoms with Crippen molar-refractivity contribution in [3.8, 4) is 28.4 Å². The van der Waals surface area contributed by atoms with Crippen LogP contribution in [0, 0.1) is 20.8 Å². The highest BCUT2D eigenvalue weighted by molar-refractivity contribution is 5.97. The number of rotatable bonds is 5. The van der Waals surface area contributed by atoms with E-state index in [0.29, 0.717) is 22.2 Å². The minimum absolute atomic E-state index is 0.00302. The van der Waals surface area contributed by atoms with Gasteiger partial charge in [-0.3, -0.25) is 4.57 Å². The zero-order chi connectivity index (χ0) is 26.3. The van der Waals surface area contributed by atoms with E-state index in [4.69, 9.17) is 0 Å². The van der Waals surface area contributed by atoms with Gasteiger partial charge in [-0.2, -0.15) is 0 Å². The number of aryl methyl sites for hydroxylation is 3. The zero-order valence-corrected chi connectivity index (χ0v) is 20.6. The number of nitrogens with zero attached hydrogens (tertiary/aromatic N) is 3. The number of aromatic carboxylic acids is 1. The van der Waals surface area contributed by atoms with Crippen LogP contribution in [0.5, 0.6) is 11.6 Å². The predicted octanol–water partition coefficient (Wildman–Crippen LogP) is 7.75. The fraction of sp³-hybridized carbons (Fsp3) is 0.100. The van der Waals surface area contributed by atoms with Crippen molar-refractivity contribution in [1.82, 2.24) is 4.57 Å². The van der Waals surface area contributed by atoms with Crippen molar-refractivity contribution in [2.45, 2.75) is 20.8 Å². The number of azo groups is 1. The molecule has 1 heterocycles. The van der Waals surface area contributed by atoms with E-state index in [-0.39, 0.29) is 28.6 Å². The van der Waals surface area contributed by atoms with Crippen LogP contribution in [0.4, 0.5) is 11.4 Å². The first-order valence-electron chi connectivity index (χ1n) is 11.7. The number of aromatic nitrogens is 1. The molecule has 7 nitrogen and oxygen atoms in total. The average Bonchev–Trinajstić information content (AvgIpc) is 3.14. The van der Waals surface area contributed by atoms with Gasteiger partial charge in [0.15, 0.2) is 11.4 Å². The average molecular weight is 492 g/mol. The molecule has 5 rings (SSSR count). The second-order valence-corrected chi connectivity index (χ2v) is 9.14. The fourth-order valence-electron chi connectivity index (χ4n) is 4.64. The zero-order valence-electron chi connectivity index (χ0n) is 20.6. The third-order valence-corrected chi connectivity index (χ3v) is 6.20. The molecular formula is C30H25N3O4. The van der Waals surface area contributed by atoms with E-state index < -0.39 is 5.97 Å². The van der Waals surface area contributed by atoms with E-state index in [9.17, 15) is 20.1 Å². The Kier molecular flexibility index (Phi) is 5.97. The Bertz CT molecular complexity index is 1700. The normalized spacial score (nSPS) is 11.4. The van der Waals surface area contributed by atoms with Gasteiger partial charge in [-0.15, -0.1) is 10.2 Å². The van der Waals surface area contributed by atoms with Crippen molar-refractivity contribution in [2.75, 3.05) is 0 Å². The molecule has 184 valence electrons. The minimum Gasteiger partial charge on any atom is -0.505 e. The van der Waals surface area contributed by atoms with Crippen molar-refractivity contribution in [1.29, 1.82) is 0 Å². The highest BCUT2D eigenvalue weighted by atomic mass is 16.4. The van der Waals surface area contributed by atoms with Gasteiger partial charge in [-0.05, 0) is 68.3 Å². The minimum atomic E-state index is -1.06. The van der Waals surface area contributed by atoms with E-state index in [0.717, 1.165) is 22.3 Å². The molecule has 0 spiro atoms. The maximum absolute atomic E-state index is 11.5. The molecule has 0 amide bonds. The molecule has 0 bridgehead atoms. The molecule has 0 aliphatic carbocycles. The van der Waals surface area contributed by atoms with Gasteiger partial charge in [0.05, 0.1) is 11.1 Å². The van der Waals surface area contributed by atoms with E-state index >= 15 is 0 Å². The number of phenols is 1. The highest BCUT2D eigenvalue weighted by Gasteiger charge is 2.19. The second-order valence-electron chi connectivity index (χ2n) is 9.14. The molecule has 1 aromatic heterocycles. The summed E-state index contributed by atoms with van der Waals surface area (Å²) in [5, 5.41) is 41.0. The number of hydrogen-bond acceptors (Lipinski definition) is 5. The van der Waals surface area contributed by atoms with Gasteiger partial charge in [0.2, 0.25) is 5.88 Å². The SMILES string of the molecule is Cc1cc(C)cc(-c2cc(C)cc(N=Nc3c(O)n(-c4cccc(C(=O)O)c4)c4ccccc34)c2O)c1. The van der Waals surface area contributed by atoms with Crippen LogP contribution in [0.2, 0.25) is 0 Å². The largest absolute Gasteiger partial charge is 0.505 e. The quantitative estimate of drug-likeness (QED) is 0.218. The van der Waals surface area contributed by atoms with Crippen LogP contribution in [0.25, 0.3) is 27.7 Å². The number of fused-ring (bicyclic) bond motifs is 1. The highest BCUT2D eigenvalue weighted by Crippen LogP contribution is 2.44. The Balaban J connectivity index is 1.64. The smallest absolute Gasteiger partial charge is 0.335 e. The summed E-state index contributed by atoms with van der Waals surface area (Å²) < 4.78 is 1.53. The number of phenolic OH excluding ortho intramolecular Hbond substituents is 1. The van der Waals surface area contributed by atoms with Crippen LogP contribution < -0.4 is 0 Å². The van der Waals surface area contributed by atoms with Crippen molar-refractivity contribution in [3.05, 3.63) is 101 Å². The van der Waals surface area contributed by atoms with Gasteiger partial charge in [0, 0.05) is 16.6 Å². The Morgan fingerprint density at radius 2 is 1.49 bits per heavy atom. The van der Waals surface area contributed by atoms with Gasteiger partial charge in [0.25, 0.3) is 0 Å². The summed E-state index contributed by atoms with van der Waals surface area (Å²) in [5.41, 5.74) is 6.31. The molecular weight excluding hydrogens is 466 g/mol. The number of para-hydroxylation sites is 1. The maximum Gasteiger partial charge on any atom is 0.335 e. The number of aromatic hydroxyl groups is 2. The first-order valence-corrected chi connectivity index (χ1v) is 11.7. The Hall–Kier alpha value is -4.91. The summed E-state index contributed by atoms with van der Waals surface area (Å²) >= 11 is 0. The van der Waals surface area contributed by atoms with Crippen LogP contribution >= 0.6 is 0 Å². The summed E-state index contributed by atoms with van der Waals surface area (Å²) in [4.78, 5) is 11.5. The van der Waals surface area contributed by atoms with E-state index in [1.807, 2.05) is 57.2 Å². The molecule has 0 fully saturated rings. The third kappa shape index (κ3) is 4.43. The van der Waals surface area contributed by atoms with Crippen molar-refractivity contribution in [2.24, 2.45) is 10.2 Å². The number of hydrogen-bond donors (Lipinski definition) is 3. The topological polar surface area (TPSA) is 107 Å². The van der Waals surface area contributed by atoms with Gasteiger partial charge >= 0.3 is 5.97 Å². The third-order valence-electron chi connectivity index (χ3n) is 6.20. The molecule has 0 saturated carbocycles. The predicted molar refractivity (Wildman–Crippen MR) is 144 cm³/mol. The molecule has 37 heavy (non-hydrogen) atoms. The first kappa shape index (κ1) is 23.8. The molecule has 0 unspecified atom stereocenters. The number of carbonyl (C=O) groups is 1. The number of benzene rings is 4. The summed E-state index contributed by atoms with van der Waals surface area (Å²) in [6.45, 7) is 5.94. The molecule has 4 aromatic carbocycles. The van der Waals surface area contributed by atoms with Crippen molar-refractivity contribution >= 4 is 28.2 Å². The fourth-order valence-corrected chi connectivity index (χ4v) is 4.64.